The largest absolute Gasteiger partial charge is 0.496 e. The molecule has 2 aromatic heterocycles. The van der Waals surface area contributed by atoms with Crippen molar-refractivity contribution in [3.63, 3.8) is 0 Å². The van der Waals surface area contributed by atoms with Crippen LogP contribution in [0.4, 0.5) is 0 Å². The summed E-state index contributed by atoms with van der Waals surface area (Å²) in [6.45, 7) is 0. The molecule has 0 saturated carbocycles. The van der Waals surface area contributed by atoms with Crippen LogP contribution in [0.1, 0.15) is 20.8 Å². The van der Waals surface area contributed by atoms with E-state index >= 15 is 0 Å². The maximum Gasteiger partial charge on any atom is 0.283 e. The van der Waals surface area contributed by atoms with E-state index in [-0.39, 0.29) is 5.91 Å². The van der Waals surface area contributed by atoms with Crippen molar-refractivity contribution >= 4 is 56.9 Å². The maximum absolute atomic E-state index is 12.5. The first kappa shape index (κ1) is 21.4. The second-order valence-electron chi connectivity index (χ2n) is 6.47. The monoisotopic (exact) mass is 467 g/mol. The number of pyridine rings is 1. The molecular formula is C23H18ClN3O2S2. The first-order valence-electron chi connectivity index (χ1n) is 9.37. The molecule has 0 atom stereocenters. The summed E-state index contributed by atoms with van der Waals surface area (Å²) in [5.41, 5.74) is 4.43. The molecule has 0 saturated heterocycles. The van der Waals surface area contributed by atoms with Crippen LogP contribution >= 0.6 is 34.7 Å². The van der Waals surface area contributed by atoms with Crippen molar-refractivity contribution in [2.24, 2.45) is 5.10 Å². The number of ether oxygens (including phenoxy) is 1. The number of thiophene rings is 1. The van der Waals surface area contributed by atoms with Gasteiger partial charge in [-0.15, -0.1) is 23.1 Å². The van der Waals surface area contributed by atoms with Gasteiger partial charge < -0.3 is 4.74 Å². The molecule has 5 nitrogen and oxygen atoms in total. The van der Waals surface area contributed by atoms with Crippen molar-refractivity contribution in [2.75, 3.05) is 7.11 Å². The highest BCUT2D eigenvalue weighted by Gasteiger charge is 2.16. The molecule has 0 unspecified atom stereocenters. The van der Waals surface area contributed by atoms with Gasteiger partial charge in [0, 0.05) is 27.6 Å². The molecule has 2 heterocycles. The van der Waals surface area contributed by atoms with Gasteiger partial charge in [-0.1, -0.05) is 35.9 Å². The van der Waals surface area contributed by atoms with Crippen LogP contribution < -0.4 is 10.2 Å². The number of hydrazone groups is 1. The third-order valence-corrected chi connectivity index (χ3v) is 7.11. The third-order valence-electron chi connectivity index (χ3n) is 4.44. The van der Waals surface area contributed by atoms with Crippen LogP contribution in [-0.4, -0.2) is 24.2 Å². The van der Waals surface area contributed by atoms with Gasteiger partial charge in [-0.3, -0.25) is 4.79 Å². The van der Waals surface area contributed by atoms with E-state index in [0.717, 1.165) is 32.0 Å². The number of amides is 1. The summed E-state index contributed by atoms with van der Waals surface area (Å²) in [7, 11) is 1.65. The maximum atomic E-state index is 12.5. The van der Waals surface area contributed by atoms with Gasteiger partial charge >= 0.3 is 0 Å². The van der Waals surface area contributed by atoms with Crippen molar-refractivity contribution in [3.8, 4) is 5.75 Å². The summed E-state index contributed by atoms with van der Waals surface area (Å²) in [6, 6.07) is 19.2. The molecule has 8 heteroatoms. The number of hydrogen-bond donors (Lipinski definition) is 1. The van der Waals surface area contributed by atoms with Gasteiger partial charge in [0.05, 0.1) is 23.4 Å². The SMILES string of the molecule is COc1ccc(/C=N\NC(=O)c2sc3ccccc3c2Cl)cc1CSc1ccccn1. The normalized spacial score (nSPS) is 11.2. The number of nitrogens with one attached hydrogen (secondary N) is 1. The third kappa shape index (κ3) is 5.07. The van der Waals surface area contributed by atoms with Crippen molar-refractivity contribution in [3.05, 3.63) is 87.9 Å². The highest BCUT2D eigenvalue weighted by Crippen LogP contribution is 2.35. The number of fused-ring (bicyclic) bond motifs is 1. The molecule has 1 amide bonds. The molecule has 0 spiro atoms. The molecule has 156 valence electrons. The van der Waals surface area contributed by atoms with E-state index in [0.29, 0.717) is 15.7 Å². The minimum absolute atomic E-state index is 0.332. The zero-order valence-corrected chi connectivity index (χ0v) is 18.9. The molecule has 31 heavy (non-hydrogen) atoms. The number of methoxy groups -OCH3 is 1. The molecule has 0 aliphatic carbocycles. The highest BCUT2D eigenvalue weighted by molar-refractivity contribution is 7.98. The number of thioether (sulfide) groups is 1. The molecule has 4 rings (SSSR count). The van der Waals surface area contributed by atoms with Crippen molar-refractivity contribution in [1.82, 2.24) is 10.4 Å². The van der Waals surface area contributed by atoms with Gasteiger partial charge in [-0.2, -0.15) is 5.10 Å². The summed E-state index contributed by atoms with van der Waals surface area (Å²) in [5, 5.41) is 6.37. The lowest BCUT2D eigenvalue weighted by Gasteiger charge is -2.09. The first-order valence-corrected chi connectivity index (χ1v) is 11.5. The summed E-state index contributed by atoms with van der Waals surface area (Å²) >= 11 is 9.33. The number of hydrogen-bond acceptors (Lipinski definition) is 6. The van der Waals surface area contributed by atoms with E-state index < -0.39 is 0 Å². The Labute approximate surface area is 193 Å². The van der Waals surface area contributed by atoms with E-state index in [1.807, 2.05) is 60.7 Å². The second-order valence-corrected chi connectivity index (χ2v) is 8.89. The Hall–Kier alpha value is -2.87. The number of carbonyl (C=O) groups excluding carboxylic acids is 1. The summed E-state index contributed by atoms with van der Waals surface area (Å²) in [6.07, 6.45) is 3.38. The fourth-order valence-electron chi connectivity index (χ4n) is 2.95. The topological polar surface area (TPSA) is 63.6 Å². The fraction of sp³-hybridized carbons (Fsp3) is 0.0870. The minimum Gasteiger partial charge on any atom is -0.496 e. The first-order chi connectivity index (χ1) is 15.2. The van der Waals surface area contributed by atoms with Gasteiger partial charge in [0.25, 0.3) is 5.91 Å². The van der Waals surface area contributed by atoms with E-state index in [1.165, 1.54) is 11.3 Å². The number of benzene rings is 2. The van der Waals surface area contributed by atoms with Crippen LogP contribution in [0, 0.1) is 0 Å². The van der Waals surface area contributed by atoms with E-state index in [2.05, 4.69) is 15.5 Å². The van der Waals surface area contributed by atoms with Crippen LogP contribution in [0.2, 0.25) is 5.02 Å². The summed E-state index contributed by atoms with van der Waals surface area (Å²) in [4.78, 5) is 17.3. The van der Waals surface area contributed by atoms with Crippen LogP contribution in [0.5, 0.6) is 5.75 Å². The smallest absolute Gasteiger partial charge is 0.283 e. The van der Waals surface area contributed by atoms with Crippen LogP contribution in [0.15, 0.2) is 77.0 Å². The van der Waals surface area contributed by atoms with Crippen molar-refractivity contribution < 1.29 is 9.53 Å². The average molecular weight is 468 g/mol. The van der Waals surface area contributed by atoms with Crippen LogP contribution in [-0.2, 0) is 5.75 Å². The molecule has 0 bridgehead atoms. The van der Waals surface area contributed by atoms with Crippen LogP contribution in [0.25, 0.3) is 10.1 Å². The van der Waals surface area contributed by atoms with Crippen molar-refractivity contribution in [2.45, 2.75) is 10.8 Å². The number of carbonyl (C=O) groups is 1. The number of rotatable bonds is 7. The Morgan fingerprint density at radius 1 is 1.23 bits per heavy atom. The molecule has 1 N–H and O–H groups in total. The number of halogens is 1. The Kier molecular flexibility index (Phi) is 6.86. The lowest BCUT2D eigenvalue weighted by Crippen LogP contribution is -2.16. The molecule has 4 aromatic rings. The van der Waals surface area contributed by atoms with Gasteiger partial charge in [0.1, 0.15) is 10.6 Å². The molecule has 0 aliphatic heterocycles. The standard InChI is InChI=1S/C23H18ClN3O2S2/c1-29-18-10-9-15(12-16(18)14-30-20-8-4-5-11-25-20)13-26-27-23(28)22-21(24)17-6-2-3-7-19(17)31-22/h2-13H,14H2,1H3,(H,27,28)/b26-13-. The predicted octanol–water partition coefficient (Wildman–Crippen LogP) is 6.01. The fourth-order valence-corrected chi connectivity index (χ4v) is 5.20. The summed E-state index contributed by atoms with van der Waals surface area (Å²) in [5.74, 6) is 1.16. The number of nitrogens with zero attached hydrogens (tertiary/aromatic N) is 2. The molecular weight excluding hydrogens is 450 g/mol. The van der Waals surface area contributed by atoms with Gasteiger partial charge in [0.2, 0.25) is 0 Å². The van der Waals surface area contributed by atoms with Crippen LogP contribution in [0.3, 0.4) is 0 Å². The Morgan fingerprint density at radius 3 is 2.84 bits per heavy atom. The molecule has 0 aliphatic rings. The molecule has 2 aromatic carbocycles. The van der Waals surface area contributed by atoms with E-state index in [4.69, 9.17) is 16.3 Å². The zero-order valence-electron chi connectivity index (χ0n) is 16.5. The van der Waals surface area contributed by atoms with E-state index in [1.54, 1.807) is 31.3 Å². The predicted molar refractivity (Wildman–Crippen MR) is 129 cm³/mol. The molecule has 0 fully saturated rings. The van der Waals surface area contributed by atoms with Gasteiger partial charge in [-0.05, 0) is 42.0 Å². The molecule has 0 radical (unpaired) electrons. The Balaban J connectivity index is 1.45. The lowest BCUT2D eigenvalue weighted by molar-refractivity contribution is 0.0959. The second kappa shape index (κ2) is 9.96. The van der Waals surface area contributed by atoms with Gasteiger partial charge in [0.15, 0.2) is 0 Å². The minimum atomic E-state index is -0.332. The zero-order chi connectivity index (χ0) is 21.6. The Morgan fingerprint density at radius 2 is 2.06 bits per heavy atom. The number of aromatic nitrogens is 1. The average Bonchev–Trinajstić information content (AvgIpc) is 3.15. The van der Waals surface area contributed by atoms with E-state index in [9.17, 15) is 4.79 Å². The summed E-state index contributed by atoms with van der Waals surface area (Å²) < 4.78 is 6.43. The highest BCUT2D eigenvalue weighted by atomic mass is 35.5. The Bertz CT molecular complexity index is 1240. The quantitative estimate of drug-likeness (QED) is 0.205. The van der Waals surface area contributed by atoms with Gasteiger partial charge in [-0.25, -0.2) is 10.4 Å². The lowest BCUT2D eigenvalue weighted by atomic mass is 10.1. The van der Waals surface area contributed by atoms with Crippen molar-refractivity contribution in [1.29, 1.82) is 0 Å².